The molecule has 20 heavy (non-hydrogen) atoms. The molecule has 1 rings (SSSR count). The molecule has 0 saturated carbocycles. The Kier molecular flexibility index (Phi) is 5.57. The lowest BCUT2D eigenvalue weighted by atomic mass is 9.99. The zero-order valence-corrected chi connectivity index (χ0v) is 12.1. The molecule has 7 nitrogen and oxygen atoms in total. The number of rotatable bonds is 6. The summed E-state index contributed by atoms with van der Waals surface area (Å²) >= 11 is 0. The Morgan fingerprint density at radius 2 is 2.10 bits per heavy atom. The second-order valence-electron chi connectivity index (χ2n) is 4.95. The number of nitrogens with zero attached hydrogens (tertiary/aromatic N) is 2. The highest BCUT2D eigenvalue weighted by atomic mass is 16.2. The number of imide groups is 2. The predicted octanol–water partition coefficient (Wildman–Crippen LogP) is -1.53. The first-order valence-electron chi connectivity index (χ1n) is 6.45. The molecule has 1 aliphatic rings. The minimum atomic E-state index is -1.02. The van der Waals surface area contributed by atoms with Crippen LogP contribution in [-0.2, 0) is 9.59 Å². The molecule has 7 heteroatoms. The van der Waals surface area contributed by atoms with Gasteiger partial charge in [-0.25, -0.2) is 4.79 Å². The summed E-state index contributed by atoms with van der Waals surface area (Å²) in [4.78, 5) is 42.0. The quantitative estimate of drug-likeness (QED) is 0.352. The molecule has 0 spiro atoms. The fourth-order valence-corrected chi connectivity index (χ4v) is 1.83. The monoisotopic (exact) mass is 281 g/mol. The summed E-state index contributed by atoms with van der Waals surface area (Å²) in [6.07, 6.45) is 1.44. The van der Waals surface area contributed by atoms with Gasteiger partial charge in [0.25, 0.3) is 0 Å². The second-order valence-corrected chi connectivity index (χ2v) is 4.95. The van der Waals surface area contributed by atoms with E-state index in [0.717, 1.165) is 11.4 Å². The fourth-order valence-electron chi connectivity index (χ4n) is 1.83. The van der Waals surface area contributed by atoms with Crippen molar-refractivity contribution in [1.82, 2.24) is 10.2 Å². The van der Waals surface area contributed by atoms with E-state index >= 15 is 0 Å². The summed E-state index contributed by atoms with van der Waals surface area (Å²) in [5.41, 5.74) is 0.426. The number of hydrogen-bond donors (Lipinski definition) is 2. The second kappa shape index (κ2) is 6.95. The Balaban J connectivity index is 2.85. The third kappa shape index (κ3) is 3.74. The Morgan fingerprint density at radius 1 is 1.45 bits per heavy atom. The van der Waals surface area contributed by atoms with Gasteiger partial charge in [-0.2, -0.15) is 0 Å². The average Bonchev–Trinajstić information content (AvgIpc) is 2.33. The zero-order chi connectivity index (χ0) is 15.3. The standard InChI is InChI=1S/C13H20N4O3/c1-5-7-17-12(19)10(11(18)15-13(17)20)9(2)14-6-8-16(3)4/h5,10H,1,6-8H2,2-4H3,(H,15,18,20)/p+1. The van der Waals surface area contributed by atoms with Crippen LogP contribution in [0, 0.1) is 5.92 Å². The molecule has 1 heterocycles. The van der Waals surface area contributed by atoms with Crippen LogP contribution in [0.5, 0.6) is 0 Å². The first-order valence-corrected chi connectivity index (χ1v) is 6.45. The van der Waals surface area contributed by atoms with Gasteiger partial charge in [0.05, 0.1) is 27.2 Å². The molecule has 1 saturated heterocycles. The highest BCUT2D eigenvalue weighted by Gasteiger charge is 2.41. The van der Waals surface area contributed by atoms with Crippen LogP contribution >= 0.6 is 0 Å². The van der Waals surface area contributed by atoms with Crippen molar-refractivity contribution in [2.75, 3.05) is 33.7 Å². The van der Waals surface area contributed by atoms with Crippen molar-refractivity contribution in [3.63, 3.8) is 0 Å². The lowest BCUT2D eigenvalue weighted by Gasteiger charge is -2.29. The maximum Gasteiger partial charge on any atom is 0.331 e. The topological polar surface area (TPSA) is 83.3 Å². The van der Waals surface area contributed by atoms with Crippen molar-refractivity contribution in [2.24, 2.45) is 10.9 Å². The molecule has 0 bridgehead atoms. The number of aliphatic imine (C=N–C) groups is 1. The minimum Gasteiger partial charge on any atom is -0.338 e. The van der Waals surface area contributed by atoms with Crippen LogP contribution in [0.2, 0.25) is 0 Å². The van der Waals surface area contributed by atoms with Gasteiger partial charge < -0.3 is 4.90 Å². The van der Waals surface area contributed by atoms with Crippen molar-refractivity contribution in [3.05, 3.63) is 12.7 Å². The highest BCUT2D eigenvalue weighted by Crippen LogP contribution is 2.12. The highest BCUT2D eigenvalue weighted by molar-refractivity contribution is 6.27. The van der Waals surface area contributed by atoms with Crippen LogP contribution in [0.1, 0.15) is 6.92 Å². The number of carbonyl (C=O) groups excluding carboxylic acids is 3. The SMILES string of the molecule is C=CCN1C(=O)NC(=O)C(C(C)=NCC[NH+](C)C)C1=O. The van der Waals surface area contributed by atoms with Crippen LogP contribution in [-0.4, -0.2) is 62.2 Å². The lowest BCUT2D eigenvalue weighted by Crippen LogP contribution is -3.06. The molecular formula is C13H21N4O3+. The Hall–Kier alpha value is -2.02. The molecule has 0 radical (unpaired) electrons. The Morgan fingerprint density at radius 3 is 2.65 bits per heavy atom. The maximum absolute atomic E-state index is 12.2. The van der Waals surface area contributed by atoms with Crippen LogP contribution in [0.25, 0.3) is 0 Å². The summed E-state index contributed by atoms with van der Waals surface area (Å²) in [6, 6.07) is -0.707. The minimum absolute atomic E-state index is 0.0730. The summed E-state index contributed by atoms with van der Waals surface area (Å²) in [6.45, 7) is 6.53. The van der Waals surface area contributed by atoms with Crippen LogP contribution in [0.3, 0.4) is 0 Å². The molecule has 0 aromatic rings. The van der Waals surface area contributed by atoms with Gasteiger partial charge in [0, 0.05) is 12.3 Å². The number of barbiturate groups is 1. The van der Waals surface area contributed by atoms with E-state index in [1.807, 2.05) is 14.1 Å². The normalized spacial score (nSPS) is 20.4. The van der Waals surface area contributed by atoms with Gasteiger partial charge in [0.1, 0.15) is 0 Å². The largest absolute Gasteiger partial charge is 0.338 e. The maximum atomic E-state index is 12.2. The summed E-state index contributed by atoms with van der Waals surface area (Å²) < 4.78 is 0. The third-order valence-corrected chi connectivity index (χ3v) is 2.95. The molecule has 110 valence electrons. The van der Waals surface area contributed by atoms with E-state index in [-0.39, 0.29) is 6.54 Å². The van der Waals surface area contributed by atoms with Gasteiger partial charge >= 0.3 is 6.03 Å². The molecule has 0 aromatic carbocycles. The van der Waals surface area contributed by atoms with E-state index in [1.165, 1.54) is 11.0 Å². The molecular weight excluding hydrogens is 260 g/mol. The Bertz CT molecular complexity index is 457. The Labute approximate surface area is 118 Å². The van der Waals surface area contributed by atoms with E-state index in [1.54, 1.807) is 6.92 Å². The number of quaternary nitrogens is 1. The van der Waals surface area contributed by atoms with Gasteiger partial charge in [-0.05, 0) is 6.92 Å². The smallest absolute Gasteiger partial charge is 0.331 e. The van der Waals surface area contributed by atoms with Crippen molar-refractivity contribution < 1.29 is 19.3 Å². The lowest BCUT2D eigenvalue weighted by molar-refractivity contribution is -0.856. The predicted molar refractivity (Wildman–Crippen MR) is 74.6 cm³/mol. The van der Waals surface area contributed by atoms with Crippen molar-refractivity contribution in [1.29, 1.82) is 0 Å². The number of likely N-dealkylation sites (N-methyl/N-ethyl adjacent to an activating group) is 1. The van der Waals surface area contributed by atoms with Crippen LogP contribution in [0.4, 0.5) is 4.79 Å². The first kappa shape index (κ1) is 16.0. The summed E-state index contributed by atoms with van der Waals surface area (Å²) in [5.74, 6) is -2.18. The number of hydrogen-bond acceptors (Lipinski definition) is 4. The van der Waals surface area contributed by atoms with E-state index in [0.29, 0.717) is 12.3 Å². The molecule has 1 aliphatic heterocycles. The van der Waals surface area contributed by atoms with E-state index in [2.05, 4.69) is 16.9 Å². The molecule has 4 amide bonds. The van der Waals surface area contributed by atoms with Gasteiger partial charge in [0.15, 0.2) is 5.92 Å². The molecule has 1 fully saturated rings. The fraction of sp³-hybridized carbons (Fsp3) is 0.538. The zero-order valence-electron chi connectivity index (χ0n) is 12.1. The molecule has 0 aliphatic carbocycles. The van der Waals surface area contributed by atoms with E-state index < -0.39 is 23.8 Å². The van der Waals surface area contributed by atoms with Gasteiger partial charge in [-0.15, -0.1) is 6.58 Å². The van der Waals surface area contributed by atoms with Gasteiger partial charge in [-0.3, -0.25) is 24.8 Å². The van der Waals surface area contributed by atoms with Crippen LogP contribution < -0.4 is 10.2 Å². The average molecular weight is 281 g/mol. The number of amides is 4. The number of urea groups is 1. The summed E-state index contributed by atoms with van der Waals surface area (Å²) in [5, 5.41) is 2.17. The number of nitrogens with one attached hydrogen (secondary N) is 2. The van der Waals surface area contributed by atoms with Crippen molar-refractivity contribution >= 4 is 23.6 Å². The summed E-state index contributed by atoms with van der Waals surface area (Å²) in [7, 11) is 3.99. The van der Waals surface area contributed by atoms with Crippen LogP contribution in [0.15, 0.2) is 17.6 Å². The third-order valence-electron chi connectivity index (χ3n) is 2.95. The molecule has 1 unspecified atom stereocenters. The molecule has 0 aromatic heterocycles. The van der Waals surface area contributed by atoms with Crippen molar-refractivity contribution in [2.45, 2.75) is 6.92 Å². The van der Waals surface area contributed by atoms with Gasteiger partial charge in [-0.1, -0.05) is 6.08 Å². The van der Waals surface area contributed by atoms with E-state index in [9.17, 15) is 14.4 Å². The van der Waals surface area contributed by atoms with Crippen molar-refractivity contribution in [3.8, 4) is 0 Å². The number of carbonyl (C=O) groups is 3. The first-order chi connectivity index (χ1) is 9.38. The molecule has 1 atom stereocenters. The molecule has 2 N–H and O–H groups in total. The van der Waals surface area contributed by atoms with Gasteiger partial charge in [0.2, 0.25) is 11.8 Å². The van der Waals surface area contributed by atoms with E-state index in [4.69, 9.17) is 0 Å².